The number of anilines is 2. The first-order valence-corrected chi connectivity index (χ1v) is 7.40. The number of nitrogens with one attached hydrogen (secondary N) is 1. The van der Waals surface area contributed by atoms with Gasteiger partial charge in [-0.15, -0.1) is 11.8 Å². The molecule has 19 heavy (non-hydrogen) atoms. The number of hydrogen-bond acceptors (Lipinski definition) is 4. The second-order valence-corrected chi connectivity index (χ2v) is 5.40. The van der Waals surface area contributed by atoms with Gasteiger partial charge in [0.1, 0.15) is 0 Å². The van der Waals surface area contributed by atoms with E-state index in [0.29, 0.717) is 0 Å². The van der Waals surface area contributed by atoms with E-state index in [-0.39, 0.29) is 0 Å². The summed E-state index contributed by atoms with van der Waals surface area (Å²) < 4.78 is 2.11. The van der Waals surface area contributed by atoms with Crippen molar-refractivity contribution in [2.75, 3.05) is 30.6 Å². The van der Waals surface area contributed by atoms with Gasteiger partial charge in [0.05, 0.1) is 18.4 Å². The molecular weight excluding hydrogens is 256 g/mol. The van der Waals surface area contributed by atoms with Gasteiger partial charge in [0.25, 0.3) is 0 Å². The Kier molecular flexibility index (Phi) is 4.37. The van der Waals surface area contributed by atoms with E-state index < -0.39 is 0 Å². The fourth-order valence-electron chi connectivity index (χ4n) is 1.99. The van der Waals surface area contributed by atoms with Crippen molar-refractivity contribution in [2.24, 2.45) is 7.05 Å². The van der Waals surface area contributed by atoms with E-state index in [1.54, 1.807) is 11.8 Å². The van der Waals surface area contributed by atoms with Crippen molar-refractivity contribution in [3.05, 3.63) is 36.2 Å². The minimum atomic E-state index is 0.773. The molecule has 102 valence electrons. The van der Waals surface area contributed by atoms with Crippen molar-refractivity contribution in [1.29, 1.82) is 0 Å². The Morgan fingerprint density at radius 2 is 2.05 bits per heavy atom. The van der Waals surface area contributed by atoms with Gasteiger partial charge in [-0.25, -0.2) is 4.98 Å². The summed E-state index contributed by atoms with van der Waals surface area (Å²) in [4.78, 5) is 7.69. The Morgan fingerprint density at radius 1 is 1.32 bits per heavy atom. The maximum Gasteiger partial charge on any atom is 0.204 e. The molecule has 0 bridgehead atoms. The van der Waals surface area contributed by atoms with Gasteiger partial charge in [0.15, 0.2) is 0 Å². The number of imidazole rings is 1. The topological polar surface area (TPSA) is 33.1 Å². The van der Waals surface area contributed by atoms with Crippen LogP contribution in [0.5, 0.6) is 0 Å². The van der Waals surface area contributed by atoms with Crippen LogP contribution in [0.3, 0.4) is 0 Å². The molecule has 0 fully saturated rings. The lowest BCUT2D eigenvalue weighted by Gasteiger charge is -2.14. The molecule has 0 saturated heterocycles. The quantitative estimate of drug-likeness (QED) is 0.851. The zero-order valence-electron chi connectivity index (χ0n) is 11.8. The fourth-order valence-corrected chi connectivity index (χ4v) is 2.56. The molecule has 1 N–H and O–H groups in total. The Bertz CT molecular complexity index is 548. The smallest absolute Gasteiger partial charge is 0.204 e. The van der Waals surface area contributed by atoms with Crippen LogP contribution in [0.2, 0.25) is 0 Å². The Balaban J connectivity index is 2.10. The largest absolute Gasteiger partial charge is 0.379 e. The van der Waals surface area contributed by atoms with Gasteiger partial charge in [-0.05, 0) is 18.4 Å². The minimum absolute atomic E-state index is 0.773. The van der Waals surface area contributed by atoms with E-state index in [1.165, 1.54) is 16.3 Å². The number of hydrogen-bond donors (Lipinski definition) is 1. The molecule has 5 heteroatoms. The van der Waals surface area contributed by atoms with Crippen LogP contribution in [-0.4, -0.2) is 29.9 Å². The molecule has 0 aliphatic rings. The summed E-state index contributed by atoms with van der Waals surface area (Å²) in [5, 5.41) is 3.47. The normalized spacial score (nSPS) is 10.5. The fraction of sp³-hybridized carbons (Fsp3) is 0.357. The lowest BCUT2D eigenvalue weighted by Crippen LogP contribution is -2.15. The Morgan fingerprint density at radius 3 is 2.68 bits per heavy atom. The van der Waals surface area contributed by atoms with E-state index in [0.717, 1.165) is 12.5 Å². The highest BCUT2D eigenvalue weighted by Crippen LogP contribution is 2.25. The first kappa shape index (κ1) is 13.8. The Labute approximate surface area is 118 Å². The average molecular weight is 276 g/mol. The predicted octanol–water partition coefficient (Wildman–Crippen LogP) is 2.82. The minimum Gasteiger partial charge on any atom is -0.379 e. The van der Waals surface area contributed by atoms with Gasteiger partial charge in [-0.2, -0.15) is 0 Å². The van der Waals surface area contributed by atoms with E-state index in [1.807, 2.05) is 32.2 Å². The van der Waals surface area contributed by atoms with Gasteiger partial charge in [-0.1, -0.05) is 12.1 Å². The number of nitrogens with zero attached hydrogens (tertiary/aromatic N) is 3. The summed E-state index contributed by atoms with van der Waals surface area (Å²) in [6.07, 6.45) is 4.01. The highest BCUT2D eigenvalue weighted by atomic mass is 32.2. The molecule has 0 spiro atoms. The third-order valence-electron chi connectivity index (χ3n) is 3.03. The summed E-state index contributed by atoms with van der Waals surface area (Å²) in [6, 6.07) is 8.35. The third kappa shape index (κ3) is 3.04. The summed E-state index contributed by atoms with van der Waals surface area (Å²) in [5.74, 6) is 0.968. The van der Waals surface area contributed by atoms with E-state index in [4.69, 9.17) is 0 Å². The molecule has 1 aromatic carbocycles. The average Bonchev–Trinajstić information content (AvgIpc) is 2.78. The Hall–Kier alpha value is -1.62. The molecule has 0 amide bonds. The monoisotopic (exact) mass is 276 g/mol. The van der Waals surface area contributed by atoms with E-state index in [2.05, 4.69) is 45.4 Å². The van der Waals surface area contributed by atoms with Gasteiger partial charge in [-0.3, -0.25) is 0 Å². The number of aromatic nitrogens is 2. The zero-order chi connectivity index (χ0) is 13.8. The summed E-state index contributed by atoms with van der Waals surface area (Å²) in [5.41, 5.74) is 2.34. The number of rotatable bonds is 5. The molecule has 0 unspecified atom stereocenters. The first-order valence-electron chi connectivity index (χ1n) is 6.18. The molecule has 1 aromatic heterocycles. The maximum atomic E-state index is 4.41. The zero-order valence-corrected chi connectivity index (χ0v) is 12.7. The summed E-state index contributed by atoms with van der Waals surface area (Å²) in [7, 11) is 6.05. The first-order chi connectivity index (χ1) is 9.13. The van der Waals surface area contributed by atoms with Gasteiger partial charge in [0, 0.05) is 31.7 Å². The van der Waals surface area contributed by atoms with Crippen molar-refractivity contribution in [1.82, 2.24) is 9.55 Å². The molecular formula is C14H20N4S. The highest BCUT2D eigenvalue weighted by Gasteiger charge is 2.08. The van der Waals surface area contributed by atoms with Crippen LogP contribution < -0.4 is 10.2 Å². The predicted molar refractivity (Wildman–Crippen MR) is 83.1 cm³/mol. The van der Waals surface area contributed by atoms with E-state index >= 15 is 0 Å². The molecule has 4 nitrogen and oxygen atoms in total. The van der Waals surface area contributed by atoms with Crippen molar-refractivity contribution >= 4 is 23.4 Å². The third-order valence-corrected chi connectivity index (χ3v) is 3.82. The van der Waals surface area contributed by atoms with Crippen LogP contribution in [0, 0.1) is 0 Å². The molecule has 1 heterocycles. The van der Waals surface area contributed by atoms with Crippen molar-refractivity contribution in [2.45, 2.75) is 11.4 Å². The lowest BCUT2D eigenvalue weighted by atomic mass is 10.3. The molecule has 0 aliphatic carbocycles. The van der Waals surface area contributed by atoms with Crippen LogP contribution in [0.25, 0.3) is 0 Å². The summed E-state index contributed by atoms with van der Waals surface area (Å²) in [6.45, 7) is 0.773. The molecule has 0 saturated carbocycles. The summed E-state index contributed by atoms with van der Waals surface area (Å²) >= 11 is 1.75. The standard InChI is InChI=1S/C14H20N4S/c1-17(2)14-16-10-11(18(14)3)9-15-12-7-5-6-8-13(12)19-4/h5-8,10,15H,9H2,1-4H3. The second kappa shape index (κ2) is 6.02. The van der Waals surface area contributed by atoms with Gasteiger partial charge >= 0.3 is 0 Å². The highest BCUT2D eigenvalue weighted by molar-refractivity contribution is 7.98. The lowest BCUT2D eigenvalue weighted by molar-refractivity contribution is 0.813. The van der Waals surface area contributed by atoms with Gasteiger partial charge in [0.2, 0.25) is 5.95 Å². The molecule has 0 radical (unpaired) electrons. The van der Waals surface area contributed by atoms with Crippen LogP contribution >= 0.6 is 11.8 Å². The number of benzene rings is 1. The SMILES string of the molecule is CSc1ccccc1NCc1cnc(N(C)C)n1C. The van der Waals surface area contributed by atoms with Crippen LogP contribution in [-0.2, 0) is 13.6 Å². The molecule has 0 aliphatic heterocycles. The van der Waals surface area contributed by atoms with Crippen LogP contribution in [0.15, 0.2) is 35.4 Å². The number of thioether (sulfide) groups is 1. The van der Waals surface area contributed by atoms with Gasteiger partial charge < -0.3 is 14.8 Å². The van der Waals surface area contributed by atoms with Crippen LogP contribution in [0.4, 0.5) is 11.6 Å². The molecule has 2 aromatic rings. The molecule has 2 rings (SSSR count). The number of para-hydroxylation sites is 1. The van der Waals surface area contributed by atoms with E-state index in [9.17, 15) is 0 Å². The maximum absolute atomic E-state index is 4.41. The van der Waals surface area contributed by atoms with Crippen molar-refractivity contribution < 1.29 is 0 Å². The van der Waals surface area contributed by atoms with Crippen molar-refractivity contribution in [3.8, 4) is 0 Å². The second-order valence-electron chi connectivity index (χ2n) is 4.56. The molecule has 0 atom stereocenters. The van der Waals surface area contributed by atoms with Crippen LogP contribution in [0.1, 0.15) is 5.69 Å². The van der Waals surface area contributed by atoms with Crippen molar-refractivity contribution in [3.63, 3.8) is 0 Å².